The molecule has 0 aromatic heterocycles. The zero-order valence-electron chi connectivity index (χ0n) is 10.8. The van der Waals surface area contributed by atoms with Crippen LogP contribution in [0.3, 0.4) is 0 Å². The van der Waals surface area contributed by atoms with E-state index in [1.165, 1.54) is 4.90 Å². The van der Waals surface area contributed by atoms with E-state index in [0.29, 0.717) is 18.8 Å². The quantitative estimate of drug-likeness (QED) is 0.501. The van der Waals surface area contributed by atoms with Crippen LogP contribution in [0.5, 0.6) is 0 Å². The molecule has 1 saturated heterocycles. The molecule has 1 unspecified atom stereocenters. The van der Waals surface area contributed by atoms with Crippen LogP contribution in [-0.4, -0.2) is 37.0 Å². The van der Waals surface area contributed by atoms with Crippen LogP contribution in [0, 0.1) is 0 Å². The van der Waals surface area contributed by atoms with Gasteiger partial charge in [0.2, 0.25) is 5.91 Å². The van der Waals surface area contributed by atoms with E-state index in [9.17, 15) is 14.4 Å². The molecule has 4 amide bonds. The molecule has 1 aromatic rings. The molecule has 1 atom stereocenters. The predicted octanol–water partition coefficient (Wildman–Crippen LogP) is -0.424. The van der Waals surface area contributed by atoms with Gasteiger partial charge in [-0.15, -0.1) is 0 Å². The smallest absolute Gasteiger partial charge is 0.312 e. The summed E-state index contributed by atoms with van der Waals surface area (Å²) >= 11 is 0. The third-order valence-electron chi connectivity index (χ3n) is 2.98. The summed E-state index contributed by atoms with van der Waals surface area (Å²) < 4.78 is 0. The lowest BCUT2D eigenvalue weighted by molar-refractivity contribution is -0.121. The molecule has 0 spiro atoms. The van der Waals surface area contributed by atoms with Gasteiger partial charge in [-0.1, -0.05) is 18.2 Å². The standard InChI is InChI=1S/C13H16N4O3/c14-13(20)16-7-6-15-10-8-11(18)17(12(10)19)9-4-2-1-3-5-9/h1-5,10,15H,6-8H2,(H3,14,16,20). The maximum absolute atomic E-state index is 12.2. The Morgan fingerprint density at radius 1 is 1.25 bits per heavy atom. The highest BCUT2D eigenvalue weighted by molar-refractivity contribution is 6.22. The van der Waals surface area contributed by atoms with Crippen molar-refractivity contribution in [2.24, 2.45) is 5.73 Å². The number of hydrogen-bond acceptors (Lipinski definition) is 4. The number of amides is 4. The molecule has 1 aromatic carbocycles. The molecule has 0 bridgehead atoms. The van der Waals surface area contributed by atoms with E-state index in [-0.39, 0.29) is 18.2 Å². The lowest BCUT2D eigenvalue weighted by Crippen LogP contribution is -2.42. The van der Waals surface area contributed by atoms with Crippen molar-refractivity contribution in [1.82, 2.24) is 10.6 Å². The van der Waals surface area contributed by atoms with Gasteiger partial charge in [0.25, 0.3) is 5.91 Å². The Bertz CT molecular complexity index is 518. The van der Waals surface area contributed by atoms with Gasteiger partial charge >= 0.3 is 6.03 Å². The average Bonchev–Trinajstić information content (AvgIpc) is 2.70. The minimum Gasteiger partial charge on any atom is -0.352 e. The predicted molar refractivity (Wildman–Crippen MR) is 72.9 cm³/mol. The first-order valence-corrected chi connectivity index (χ1v) is 6.28. The maximum atomic E-state index is 12.2. The number of anilines is 1. The van der Waals surface area contributed by atoms with E-state index >= 15 is 0 Å². The topological polar surface area (TPSA) is 105 Å². The number of hydrogen-bond donors (Lipinski definition) is 3. The first-order chi connectivity index (χ1) is 9.59. The molecular weight excluding hydrogens is 260 g/mol. The number of carbonyl (C=O) groups excluding carboxylic acids is 3. The van der Waals surface area contributed by atoms with Crippen molar-refractivity contribution < 1.29 is 14.4 Å². The number of imide groups is 1. The zero-order chi connectivity index (χ0) is 14.5. The van der Waals surface area contributed by atoms with Crippen LogP contribution in [0.4, 0.5) is 10.5 Å². The minimum atomic E-state index is -0.619. The monoisotopic (exact) mass is 276 g/mol. The van der Waals surface area contributed by atoms with Crippen molar-refractivity contribution in [3.05, 3.63) is 30.3 Å². The number of nitrogens with two attached hydrogens (primary N) is 1. The normalized spacial score (nSPS) is 18.4. The largest absolute Gasteiger partial charge is 0.352 e. The molecule has 7 heteroatoms. The Hall–Kier alpha value is -2.41. The number of urea groups is 1. The van der Waals surface area contributed by atoms with Gasteiger partial charge < -0.3 is 16.4 Å². The van der Waals surface area contributed by atoms with Crippen LogP contribution < -0.4 is 21.3 Å². The van der Waals surface area contributed by atoms with Crippen LogP contribution in [-0.2, 0) is 9.59 Å². The molecule has 106 valence electrons. The third kappa shape index (κ3) is 3.12. The van der Waals surface area contributed by atoms with Crippen molar-refractivity contribution in [2.75, 3.05) is 18.0 Å². The number of nitrogens with zero attached hydrogens (tertiary/aromatic N) is 1. The Morgan fingerprint density at radius 2 is 1.95 bits per heavy atom. The third-order valence-corrected chi connectivity index (χ3v) is 2.98. The summed E-state index contributed by atoms with van der Waals surface area (Å²) in [5, 5.41) is 5.34. The highest BCUT2D eigenvalue weighted by Crippen LogP contribution is 2.22. The summed E-state index contributed by atoms with van der Waals surface area (Å²) in [5.74, 6) is -0.512. The van der Waals surface area contributed by atoms with Crippen LogP contribution in [0.15, 0.2) is 30.3 Å². The van der Waals surface area contributed by atoms with Gasteiger partial charge in [-0.2, -0.15) is 0 Å². The van der Waals surface area contributed by atoms with E-state index in [1.54, 1.807) is 24.3 Å². The van der Waals surface area contributed by atoms with Crippen LogP contribution in [0.25, 0.3) is 0 Å². The molecule has 1 aliphatic heterocycles. The molecule has 1 fully saturated rings. The van der Waals surface area contributed by atoms with Gasteiger partial charge in [-0.25, -0.2) is 9.69 Å². The van der Waals surface area contributed by atoms with Gasteiger partial charge in [0, 0.05) is 13.1 Å². The second-order valence-corrected chi connectivity index (χ2v) is 4.40. The van der Waals surface area contributed by atoms with E-state index in [2.05, 4.69) is 10.6 Å². The van der Waals surface area contributed by atoms with Crippen LogP contribution in [0.1, 0.15) is 6.42 Å². The van der Waals surface area contributed by atoms with E-state index < -0.39 is 12.1 Å². The van der Waals surface area contributed by atoms with Gasteiger partial charge in [-0.3, -0.25) is 9.59 Å². The molecule has 4 N–H and O–H groups in total. The van der Waals surface area contributed by atoms with Crippen LogP contribution >= 0.6 is 0 Å². The fourth-order valence-corrected chi connectivity index (χ4v) is 2.07. The van der Waals surface area contributed by atoms with Gasteiger partial charge in [-0.05, 0) is 12.1 Å². The summed E-state index contributed by atoms with van der Waals surface area (Å²) in [6.07, 6.45) is 0.115. The summed E-state index contributed by atoms with van der Waals surface area (Å²) in [4.78, 5) is 35.8. The Balaban J connectivity index is 1.94. The second kappa shape index (κ2) is 6.16. The maximum Gasteiger partial charge on any atom is 0.312 e. The highest BCUT2D eigenvalue weighted by Gasteiger charge is 2.38. The second-order valence-electron chi connectivity index (χ2n) is 4.40. The zero-order valence-corrected chi connectivity index (χ0v) is 10.8. The first-order valence-electron chi connectivity index (χ1n) is 6.28. The molecule has 7 nitrogen and oxygen atoms in total. The van der Waals surface area contributed by atoms with Gasteiger partial charge in [0.05, 0.1) is 18.2 Å². The van der Waals surface area contributed by atoms with Crippen LogP contribution in [0.2, 0.25) is 0 Å². The number of rotatable bonds is 5. The first kappa shape index (κ1) is 14.0. The Morgan fingerprint density at radius 3 is 2.60 bits per heavy atom. The summed E-state index contributed by atoms with van der Waals surface area (Å²) in [6.45, 7) is 0.675. The molecule has 2 rings (SSSR count). The number of primary amides is 1. The molecule has 0 radical (unpaired) electrons. The number of para-hydroxylation sites is 1. The van der Waals surface area contributed by atoms with Crippen molar-refractivity contribution >= 4 is 23.5 Å². The highest BCUT2D eigenvalue weighted by atomic mass is 16.2. The fourth-order valence-electron chi connectivity index (χ4n) is 2.07. The SMILES string of the molecule is NC(=O)NCCNC1CC(=O)N(c2ccccc2)C1=O. The fraction of sp³-hybridized carbons (Fsp3) is 0.308. The van der Waals surface area contributed by atoms with Crippen molar-refractivity contribution in [1.29, 1.82) is 0 Å². The van der Waals surface area contributed by atoms with E-state index in [0.717, 1.165) is 0 Å². The molecule has 1 heterocycles. The van der Waals surface area contributed by atoms with Crippen molar-refractivity contribution in [3.63, 3.8) is 0 Å². The molecule has 20 heavy (non-hydrogen) atoms. The summed E-state index contributed by atoms with van der Waals surface area (Å²) in [7, 11) is 0. The lowest BCUT2D eigenvalue weighted by atomic mass is 10.2. The van der Waals surface area contributed by atoms with E-state index in [1.807, 2.05) is 6.07 Å². The van der Waals surface area contributed by atoms with Crippen molar-refractivity contribution in [2.45, 2.75) is 12.5 Å². The molecule has 0 aliphatic carbocycles. The van der Waals surface area contributed by atoms with Gasteiger partial charge in [0.15, 0.2) is 0 Å². The number of benzene rings is 1. The van der Waals surface area contributed by atoms with Gasteiger partial charge in [0.1, 0.15) is 0 Å². The Kier molecular flexibility index (Phi) is 4.31. The molecular formula is C13H16N4O3. The Labute approximate surface area is 116 Å². The molecule has 1 aliphatic rings. The molecule has 0 saturated carbocycles. The van der Waals surface area contributed by atoms with Crippen molar-refractivity contribution in [3.8, 4) is 0 Å². The average molecular weight is 276 g/mol. The number of nitrogens with one attached hydrogen (secondary N) is 2. The van der Waals surface area contributed by atoms with E-state index in [4.69, 9.17) is 5.73 Å². The number of carbonyl (C=O) groups is 3. The summed E-state index contributed by atoms with van der Waals surface area (Å²) in [5.41, 5.74) is 5.50. The minimum absolute atomic E-state index is 0.115. The lowest BCUT2D eigenvalue weighted by Gasteiger charge is -2.15. The summed E-state index contributed by atoms with van der Waals surface area (Å²) in [6, 6.07) is 7.62.